The Hall–Kier alpha value is -3.68. The minimum atomic E-state index is -0.539. The highest BCUT2D eigenvalue weighted by molar-refractivity contribution is 5.91. The van der Waals surface area contributed by atoms with Crippen LogP contribution in [0.15, 0.2) is 59.5 Å². The first-order valence-corrected chi connectivity index (χ1v) is 8.35. The number of nitrogens with one attached hydrogen (secondary N) is 1. The Labute approximate surface area is 159 Å². The van der Waals surface area contributed by atoms with Crippen LogP contribution in [0.3, 0.4) is 0 Å². The standard InChI is InChI=1S/C20H17FN2O5/c1-27-19(25)12-28-17-4-2-3-16-15(17)9-10-23(20(16)26)11-18(24)22-14-7-5-13(21)6-8-14/h2-10H,11-12H2,1H3,(H,22,24). The number of rotatable bonds is 6. The topological polar surface area (TPSA) is 86.6 Å². The summed E-state index contributed by atoms with van der Waals surface area (Å²) in [6.45, 7) is -0.488. The van der Waals surface area contributed by atoms with Gasteiger partial charge in [0.15, 0.2) is 6.61 Å². The highest BCUT2D eigenvalue weighted by Gasteiger charge is 2.11. The number of hydrogen-bond acceptors (Lipinski definition) is 5. The molecule has 0 radical (unpaired) electrons. The molecule has 0 saturated heterocycles. The second-order valence-electron chi connectivity index (χ2n) is 5.89. The average molecular weight is 384 g/mol. The third-order valence-electron chi connectivity index (χ3n) is 3.99. The molecule has 0 saturated carbocycles. The summed E-state index contributed by atoms with van der Waals surface area (Å²) >= 11 is 0. The molecule has 28 heavy (non-hydrogen) atoms. The molecule has 3 rings (SSSR count). The van der Waals surface area contributed by atoms with Gasteiger partial charge in [0, 0.05) is 17.3 Å². The molecule has 1 amide bonds. The van der Waals surface area contributed by atoms with E-state index in [2.05, 4.69) is 10.1 Å². The van der Waals surface area contributed by atoms with Crippen molar-refractivity contribution < 1.29 is 23.5 Å². The number of hydrogen-bond donors (Lipinski definition) is 1. The summed E-state index contributed by atoms with van der Waals surface area (Å²) in [7, 11) is 1.25. The summed E-state index contributed by atoms with van der Waals surface area (Å²) in [6, 6.07) is 11.8. The average Bonchev–Trinajstić information content (AvgIpc) is 2.70. The minimum absolute atomic E-state index is 0.209. The van der Waals surface area contributed by atoms with Gasteiger partial charge in [-0.05, 0) is 42.5 Å². The van der Waals surface area contributed by atoms with Gasteiger partial charge in [-0.3, -0.25) is 9.59 Å². The lowest BCUT2D eigenvalue weighted by Crippen LogP contribution is -2.27. The van der Waals surface area contributed by atoms with Crippen molar-refractivity contribution in [3.63, 3.8) is 0 Å². The Morgan fingerprint density at radius 3 is 2.54 bits per heavy atom. The maximum absolute atomic E-state index is 12.9. The molecule has 0 aliphatic carbocycles. The number of esters is 1. The third kappa shape index (κ3) is 4.35. The summed E-state index contributed by atoms with van der Waals surface area (Å²) in [5, 5.41) is 3.47. The molecule has 0 unspecified atom stereocenters. The van der Waals surface area contributed by atoms with Crippen molar-refractivity contribution in [1.82, 2.24) is 4.57 Å². The van der Waals surface area contributed by atoms with Crippen molar-refractivity contribution in [2.45, 2.75) is 6.54 Å². The number of carbonyl (C=O) groups is 2. The third-order valence-corrected chi connectivity index (χ3v) is 3.99. The molecule has 0 atom stereocenters. The van der Waals surface area contributed by atoms with Gasteiger partial charge in [0.1, 0.15) is 18.1 Å². The molecule has 0 aliphatic rings. The summed E-state index contributed by atoms with van der Waals surface area (Å²) in [6.07, 6.45) is 1.47. The molecular weight excluding hydrogens is 367 g/mol. The monoisotopic (exact) mass is 384 g/mol. The number of halogens is 1. The fourth-order valence-corrected chi connectivity index (χ4v) is 2.62. The summed E-state index contributed by atoms with van der Waals surface area (Å²) < 4.78 is 24.1. The number of carbonyl (C=O) groups excluding carboxylic acids is 2. The molecule has 0 fully saturated rings. The first-order valence-electron chi connectivity index (χ1n) is 8.35. The lowest BCUT2D eigenvalue weighted by atomic mass is 10.1. The van der Waals surface area contributed by atoms with Crippen molar-refractivity contribution >= 4 is 28.3 Å². The van der Waals surface area contributed by atoms with Gasteiger partial charge < -0.3 is 19.4 Å². The Morgan fingerprint density at radius 2 is 1.82 bits per heavy atom. The SMILES string of the molecule is COC(=O)COc1cccc2c(=O)n(CC(=O)Nc3ccc(F)cc3)ccc12. The quantitative estimate of drug-likeness (QED) is 0.659. The zero-order valence-electron chi connectivity index (χ0n) is 15.0. The van der Waals surface area contributed by atoms with Crippen LogP contribution in [-0.4, -0.2) is 30.2 Å². The van der Waals surface area contributed by atoms with Crippen molar-refractivity contribution in [2.24, 2.45) is 0 Å². The number of aromatic nitrogens is 1. The Balaban J connectivity index is 1.80. The van der Waals surface area contributed by atoms with Crippen LogP contribution in [0.4, 0.5) is 10.1 Å². The van der Waals surface area contributed by atoms with E-state index in [-0.39, 0.29) is 18.7 Å². The van der Waals surface area contributed by atoms with Gasteiger partial charge in [-0.25, -0.2) is 9.18 Å². The van der Waals surface area contributed by atoms with Crippen LogP contribution in [0.25, 0.3) is 10.8 Å². The lowest BCUT2D eigenvalue weighted by molar-refractivity contribution is -0.142. The molecule has 144 valence electrons. The maximum Gasteiger partial charge on any atom is 0.343 e. The maximum atomic E-state index is 12.9. The van der Waals surface area contributed by atoms with Gasteiger partial charge in [-0.2, -0.15) is 0 Å². The van der Waals surface area contributed by atoms with Crippen molar-refractivity contribution in [3.8, 4) is 5.75 Å². The molecular formula is C20H17FN2O5. The number of ether oxygens (including phenoxy) is 2. The number of amides is 1. The second-order valence-corrected chi connectivity index (χ2v) is 5.89. The second kappa shape index (κ2) is 8.34. The van der Waals surface area contributed by atoms with Crippen LogP contribution >= 0.6 is 0 Å². The fraction of sp³-hybridized carbons (Fsp3) is 0.150. The normalized spacial score (nSPS) is 10.5. The van der Waals surface area contributed by atoms with Crippen molar-refractivity contribution in [2.75, 3.05) is 19.0 Å². The van der Waals surface area contributed by atoms with Crippen LogP contribution in [0, 0.1) is 5.82 Å². The van der Waals surface area contributed by atoms with E-state index < -0.39 is 17.7 Å². The van der Waals surface area contributed by atoms with Gasteiger partial charge in [0.05, 0.1) is 12.5 Å². The van der Waals surface area contributed by atoms with Crippen molar-refractivity contribution in [3.05, 3.63) is 70.9 Å². The van der Waals surface area contributed by atoms with Crippen LogP contribution in [0.1, 0.15) is 0 Å². The largest absolute Gasteiger partial charge is 0.481 e. The first kappa shape index (κ1) is 19.1. The Kier molecular flexibility index (Phi) is 5.69. The number of benzene rings is 2. The molecule has 2 aromatic carbocycles. The van der Waals surface area contributed by atoms with Crippen LogP contribution < -0.4 is 15.6 Å². The molecule has 1 heterocycles. The van der Waals surface area contributed by atoms with E-state index in [4.69, 9.17) is 4.74 Å². The van der Waals surface area contributed by atoms with E-state index >= 15 is 0 Å². The van der Waals surface area contributed by atoms with Gasteiger partial charge in [-0.15, -0.1) is 0 Å². The van der Waals surface area contributed by atoms with Crippen LogP contribution in [0.2, 0.25) is 0 Å². The summed E-state index contributed by atoms with van der Waals surface area (Å²) in [5.41, 5.74) is 0.0500. The molecule has 1 N–H and O–H groups in total. The first-order chi connectivity index (χ1) is 13.5. The summed E-state index contributed by atoms with van der Waals surface area (Å²) in [5.74, 6) is -1.01. The predicted octanol–water partition coefficient (Wildman–Crippen LogP) is 2.33. The zero-order valence-corrected chi connectivity index (χ0v) is 15.0. The fourth-order valence-electron chi connectivity index (χ4n) is 2.62. The minimum Gasteiger partial charge on any atom is -0.481 e. The highest BCUT2D eigenvalue weighted by atomic mass is 19.1. The van der Waals surface area contributed by atoms with E-state index in [1.165, 1.54) is 42.1 Å². The van der Waals surface area contributed by atoms with Gasteiger partial charge in [0.2, 0.25) is 5.91 Å². The number of nitrogens with zero attached hydrogens (tertiary/aromatic N) is 1. The molecule has 1 aromatic heterocycles. The van der Waals surface area contributed by atoms with E-state index in [1.54, 1.807) is 24.3 Å². The number of fused-ring (bicyclic) bond motifs is 1. The smallest absolute Gasteiger partial charge is 0.343 e. The zero-order chi connectivity index (χ0) is 20.1. The Morgan fingerprint density at radius 1 is 1.07 bits per heavy atom. The summed E-state index contributed by atoms with van der Waals surface area (Å²) in [4.78, 5) is 36.1. The molecule has 8 heteroatoms. The number of pyridine rings is 1. The van der Waals surface area contributed by atoms with Gasteiger partial charge in [-0.1, -0.05) is 6.07 Å². The van der Waals surface area contributed by atoms with E-state index in [0.717, 1.165) is 0 Å². The van der Waals surface area contributed by atoms with E-state index in [1.807, 2.05) is 0 Å². The van der Waals surface area contributed by atoms with Gasteiger partial charge in [0.25, 0.3) is 5.56 Å². The molecule has 7 nitrogen and oxygen atoms in total. The molecule has 3 aromatic rings. The Bertz CT molecular complexity index is 1080. The highest BCUT2D eigenvalue weighted by Crippen LogP contribution is 2.23. The van der Waals surface area contributed by atoms with E-state index in [0.29, 0.717) is 22.2 Å². The molecule has 0 aliphatic heterocycles. The lowest BCUT2D eigenvalue weighted by Gasteiger charge is -2.11. The molecule has 0 bridgehead atoms. The van der Waals surface area contributed by atoms with Gasteiger partial charge >= 0.3 is 5.97 Å². The number of anilines is 1. The van der Waals surface area contributed by atoms with E-state index in [9.17, 15) is 18.8 Å². The molecule has 0 spiro atoms. The predicted molar refractivity (Wildman–Crippen MR) is 101 cm³/mol. The van der Waals surface area contributed by atoms with Crippen LogP contribution in [-0.2, 0) is 20.9 Å². The van der Waals surface area contributed by atoms with Crippen LogP contribution in [0.5, 0.6) is 5.75 Å². The van der Waals surface area contributed by atoms with Crippen molar-refractivity contribution in [1.29, 1.82) is 0 Å². The number of methoxy groups -OCH3 is 1.